The van der Waals surface area contributed by atoms with Gasteiger partial charge in [0, 0.05) is 0 Å². The first-order chi connectivity index (χ1) is 10.1. The summed E-state index contributed by atoms with van der Waals surface area (Å²) in [5.74, 6) is 0.513. The van der Waals surface area contributed by atoms with Gasteiger partial charge in [0.2, 0.25) is 0 Å². The molecule has 0 aliphatic heterocycles. The molecule has 0 aromatic carbocycles. The number of rotatable bonds is 5. The molecule has 1 aliphatic carbocycles. The molecule has 0 aromatic rings. The van der Waals surface area contributed by atoms with Crippen molar-refractivity contribution in [3.05, 3.63) is 20.6 Å². The van der Waals surface area contributed by atoms with Crippen molar-refractivity contribution in [2.75, 3.05) is 6.61 Å². The Balaban J connectivity index is 0. The molecule has 1 atom stereocenters. The minimum atomic E-state index is -3.79. The molecule has 2 N–H and O–H groups in total. The Hall–Kier alpha value is 1.13. The van der Waals surface area contributed by atoms with Crippen molar-refractivity contribution in [3.63, 3.8) is 0 Å². The maximum absolute atomic E-state index is 10.1. The van der Waals surface area contributed by atoms with Gasteiger partial charge in [-0.1, -0.05) is 0 Å². The Kier molecular flexibility index (Phi) is 8.92. The van der Waals surface area contributed by atoms with E-state index in [2.05, 4.69) is 78.2 Å². The second-order valence-electron chi connectivity index (χ2n) is 10.3. The molecule has 0 fully saturated rings. The predicted molar refractivity (Wildman–Crippen MR) is 123 cm³/mol. The number of aliphatic hydroxyl groups is 1. The minimum absolute atomic E-state index is 0. The fourth-order valence-corrected chi connectivity index (χ4v) is 34.5. The van der Waals surface area contributed by atoms with Crippen LogP contribution in [0, 0.1) is 5.92 Å². The van der Waals surface area contributed by atoms with Gasteiger partial charge in [-0.25, -0.2) is 0 Å². The molecule has 0 saturated heterocycles. The molecule has 2 nitrogen and oxygen atoms in total. The van der Waals surface area contributed by atoms with Crippen LogP contribution in [0.5, 0.6) is 0 Å². The van der Waals surface area contributed by atoms with Crippen LogP contribution < -0.4 is 3.80 Å². The average molecular weight is 463 g/mol. The van der Waals surface area contributed by atoms with E-state index in [1.165, 1.54) is 16.7 Å². The summed E-state index contributed by atoms with van der Waals surface area (Å²) in [5.41, 5.74) is 4.59. The van der Waals surface area contributed by atoms with Crippen molar-refractivity contribution in [1.82, 2.24) is 3.80 Å². The molecule has 0 amide bonds. The molecule has 0 aromatic heterocycles. The molecule has 0 radical (unpaired) electrons. The monoisotopic (exact) mass is 462 g/mol. The zero-order chi connectivity index (χ0) is 18.5. The summed E-state index contributed by atoms with van der Waals surface area (Å²) in [6.45, 7) is 20.4. The van der Waals surface area contributed by atoms with E-state index >= 15 is 0 Å². The normalized spacial score (nSPS) is 21.7. The number of allylic oxidation sites excluding steroid dienone is 4. The van der Waals surface area contributed by atoms with Crippen LogP contribution in [0.25, 0.3) is 0 Å². The van der Waals surface area contributed by atoms with Gasteiger partial charge in [-0.05, 0) is 0 Å². The number of aliphatic hydroxyl groups excluding tert-OH is 1. The number of nitrogens with one attached hydrogen (secondary N) is 1. The van der Waals surface area contributed by atoms with Gasteiger partial charge in [0.05, 0.1) is 0 Å². The first kappa shape index (κ1) is 28.3. The second-order valence-corrected chi connectivity index (χ2v) is 51.4. The number of halogens is 2. The Morgan fingerprint density at radius 2 is 1.56 bits per heavy atom. The van der Waals surface area contributed by atoms with Gasteiger partial charge in [-0.15, -0.1) is 24.8 Å². The van der Waals surface area contributed by atoms with Gasteiger partial charge in [-0.3, -0.25) is 0 Å². The van der Waals surface area contributed by atoms with Gasteiger partial charge < -0.3 is 0 Å². The van der Waals surface area contributed by atoms with Crippen molar-refractivity contribution in [2.24, 2.45) is 5.92 Å². The number of hydrogen-bond acceptors (Lipinski definition) is 2. The molecular weight excluding hydrogens is 421 g/mol. The Labute approximate surface area is 169 Å². The van der Waals surface area contributed by atoms with Crippen molar-refractivity contribution in [3.8, 4) is 0 Å². The van der Waals surface area contributed by atoms with E-state index < -0.39 is 18.9 Å². The van der Waals surface area contributed by atoms with Gasteiger partial charge in [0.15, 0.2) is 0 Å². The van der Waals surface area contributed by atoms with Crippen LogP contribution in [0.4, 0.5) is 0 Å². The molecule has 25 heavy (non-hydrogen) atoms. The quantitative estimate of drug-likeness (QED) is 0.584. The third-order valence-electron chi connectivity index (χ3n) is 7.30. The molecule has 0 heterocycles. The van der Waals surface area contributed by atoms with Crippen molar-refractivity contribution in [1.29, 1.82) is 0 Å². The van der Waals surface area contributed by atoms with Crippen LogP contribution in [-0.2, 0) is 12.3 Å². The summed E-state index contributed by atoms with van der Waals surface area (Å²) < 4.78 is 6.95. The van der Waals surface area contributed by atoms with E-state index in [0.717, 1.165) is 4.73 Å². The van der Waals surface area contributed by atoms with Crippen LogP contribution in [0.1, 0.15) is 48.5 Å². The van der Waals surface area contributed by atoms with Crippen LogP contribution in [0.2, 0.25) is 23.0 Å². The largest absolute Gasteiger partial charge is 0.147 e. The van der Waals surface area contributed by atoms with Crippen LogP contribution in [0.15, 0.2) is 20.6 Å². The van der Waals surface area contributed by atoms with Crippen LogP contribution in [-0.4, -0.2) is 31.5 Å². The summed E-state index contributed by atoms with van der Waals surface area (Å²) in [5, 5.41) is 12.7. The van der Waals surface area contributed by atoms with E-state index in [1.54, 1.807) is 3.88 Å². The maximum atomic E-state index is 10.1. The first-order valence-corrected chi connectivity index (χ1v) is 23.0. The second kappa shape index (κ2) is 7.86. The molecule has 1 unspecified atom stereocenters. The number of hydrogen-bond donors (Lipinski definition) is 2. The SMILES string of the molecule is CC1=C(C)C(C)[C]([Ti]([CH3])(=[SiH2])([CH2]CO)([NH]C(C)(C)C)[SiH](C)C)=C1C.Cl.Cl. The van der Waals surface area contributed by atoms with Gasteiger partial charge in [0.25, 0.3) is 0 Å². The fraction of sp³-hybridized carbons (Fsp3) is 0.778. The van der Waals surface area contributed by atoms with Crippen LogP contribution >= 0.6 is 24.8 Å². The molecule has 0 bridgehead atoms. The van der Waals surface area contributed by atoms with Gasteiger partial charge in [-0.2, -0.15) is 0 Å². The maximum Gasteiger partial charge on any atom is -0.147 e. The van der Waals surface area contributed by atoms with Crippen molar-refractivity contribution >= 4 is 39.1 Å². The van der Waals surface area contributed by atoms with Crippen LogP contribution in [0.3, 0.4) is 0 Å². The van der Waals surface area contributed by atoms with Crippen molar-refractivity contribution < 1.29 is 17.4 Å². The zero-order valence-electron chi connectivity index (χ0n) is 18.0. The fourth-order valence-electron chi connectivity index (χ4n) is 5.46. The van der Waals surface area contributed by atoms with E-state index in [9.17, 15) is 5.11 Å². The minimum Gasteiger partial charge on any atom is -0.147 e. The van der Waals surface area contributed by atoms with E-state index in [1.807, 2.05) is 0 Å². The summed E-state index contributed by atoms with van der Waals surface area (Å²) >= 11 is -3.79. The molecule has 0 spiro atoms. The van der Waals surface area contributed by atoms with E-state index in [4.69, 9.17) is 0 Å². The summed E-state index contributed by atoms with van der Waals surface area (Å²) in [6.07, 6.45) is 0. The summed E-state index contributed by atoms with van der Waals surface area (Å²) in [6, 6.07) is 0. The first-order valence-electron chi connectivity index (χ1n) is 9.12. The van der Waals surface area contributed by atoms with E-state index in [0.29, 0.717) is 12.5 Å². The summed E-state index contributed by atoms with van der Waals surface area (Å²) in [7, 11) is 2.31. The molecule has 0 saturated carbocycles. The standard InChI is InChI=1S/C9H13.C4H10N.C2H5O.C2H7Si.CH3.2ClH.H2Si.Ti/c1-6-5-7(2)9(4)8(6)3;1-4(2,3)5;1-2-3;1-3-2;;;;;/h6H,1-4H3;5H,1-3H3;3H,1-2H2;3H,1-2H3;1H3;2*1H;1H2;/q;-1;;;;;;;+1. The Morgan fingerprint density at radius 3 is 1.80 bits per heavy atom. The zero-order valence-corrected chi connectivity index (χ0v) is 23.8. The molecule has 1 rings (SSSR count). The molecule has 151 valence electrons. The van der Waals surface area contributed by atoms with Gasteiger partial charge in [0.1, 0.15) is 0 Å². The third kappa shape index (κ3) is 4.42. The topological polar surface area (TPSA) is 32.3 Å². The smallest absolute Gasteiger partial charge is 0.147 e. The van der Waals surface area contributed by atoms with Crippen molar-refractivity contribution in [2.45, 2.75) is 77.1 Å². The van der Waals surface area contributed by atoms with Gasteiger partial charge >= 0.3 is 146 Å². The third-order valence-corrected chi connectivity index (χ3v) is 56.3. The molecule has 1 aliphatic rings. The Bertz CT molecular complexity index is 679. The predicted octanol–water partition coefficient (Wildman–Crippen LogP) is 4.61. The summed E-state index contributed by atoms with van der Waals surface area (Å²) in [4.78, 5) is 0. The Morgan fingerprint density at radius 1 is 1.12 bits per heavy atom. The average Bonchev–Trinajstić information content (AvgIpc) is 2.52. The molecular formula is C18H42Cl2NOSi2Ti. The molecule has 7 heteroatoms. The van der Waals surface area contributed by atoms with E-state index in [-0.39, 0.29) is 30.4 Å².